The van der Waals surface area contributed by atoms with Crippen molar-refractivity contribution in [1.29, 1.82) is 0 Å². The quantitative estimate of drug-likeness (QED) is 0.799. The lowest BCUT2D eigenvalue weighted by Crippen LogP contribution is -2.24. The average Bonchev–Trinajstić information content (AvgIpc) is 3.12. The van der Waals surface area contributed by atoms with Crippen LogP contribution in [0.15, 0.2) is 6.20 Å². The van der Waals surface area contributed by atoms with Crippen LogP contribution in [0.1, 0.15) is 49.8 Å². The van der Waals surface area contributed by atoms with Crippen molar-refractivity contribution in [1.82, 2.24) is 9.88 Å². The molecule has 0 bridgehead atoms. The van der Waals surface area contributed by atoms with Gasteiger partial charge in [-0.05, 0) is 38.3 Å². The Balaban J connectivity index is 1.39. The van der Waals surface area contributed by atoms with Crippen LogP contribution in [-0.2, 0) is 6.42 Å². The Kier molecular flexibility index (Phi) is 5.31. The van der Waals surface area contributed by atoms with Gasteiger partial charge in [0.25, 0.3) is 5.19 Å². The number of hydrogen-bond donors (Lipinski definition) is 0. The molecule has 1 aromatic heterocycles. The Bertz CT molecular complexity index is 395. The van der Waals surface area contributed by atoms with Gasteiger partial charge in [0.15, 0.2) is 0 Å². The fourth-order valence-corrected chi connectivity index (χ4v) is 4.29. The van der Waals surface area contributed by atoms with Crippen molar-refractivity contribution in [3.8, 4) is 5.19 Å². The van der Waals surface area contributed by atoms with Crippen molar-refractivity contribution < 1.29 is 4.74 Å². The van der Waals surface area contributed by atoms with Gasteiger partial charge in [-0.15, -0.1) is 0 Å². The van der Waals surface area contributed by atoms with Crippen molar-refractivity contribution in [2.45, 2.75) is 51.4 Å². The molecule has 1 aliphatic heterocycles. The van der Waals surface area contributed by atoms with Crippen molar-refractivity contribution >= 4 is 11.3 Å². The van der Waals surface area contributed by atoms with Crippen molar-refractivity contribution in [3.05, 3.63) is 11.1 Å². The predicted molar refractivity (Wildman–Crippen MR) is 83.6 cm³/mol. The Morgan fingerprint density at radius 3 is 2.75 bits per heavy atom. The standard InChI is InChI=1S/C16H26N2OS/c1-2-6-14(7-3-1)12-15-13-17-16(20-15)19-11-10-18-8-4-5-9-18/h13-14H,1-12H2. The Hall–Kier alpha value is -0.610. The highest BCUT2D eigenvalue weighted by Crippen LogP contribution is 2.30. The molecule has 1 aromatic rings. The fourth-order valence-electron chi connectivity index (χ4n) is 3.39. The van der Waals surface area contributed by atoms with E-state index in [2.05, 4.69) is 9.88 Å². The van der Waals surface area contributed by atoms with Crippen LogP contribution in [0.2, 0.25) is 0 Å². The second kappa shape index (κ2) is 7.41. The topological polar surface area (TPSA) is 25.4 Å². The molecule has 2 aliphatic rings. The summed E-state index contributed by atoms with van der Waals surface area (Å²) < 4.78 is 5.80. The summed E-state index contributed by atoms with van der Waals surface area (Å²) in [7, 11) is 0. The molecule has 0 atom stereocenters. The summed E-state index contributed by atoms with van der Waals surface area (Å²) in [6.07, 6.45) is 13.0. The fraction of sp³-hybridized carbons (Fsp3) is 0.812. The van der Waals surface area contributed by atoms with E-state index in [0.717, 1.165) is 24.3 Å². The maximum atomic E-state index is 5.80. The SMILES string of the molecule is c1nc(OCCN2CCCC2)sc1CC1CCCCC1. The number of likely N-dealkylation sites (tertiary alicyclic amines) is 1. The molecule has 0 radical (unpaired) electrons. The summed E-state index contributed by atoms with van der Waals surface area (Å²) in [5.74, 6) is 0.890. The lowest BCUT2D eigenvalue weighted by Gasteiger charge is -2.20. The number of nitrogens with zero attached hydrogens (tertiary/aromatic N) is 2. The molecule has 4 heteroatoms. The molecule has 1 aliphatic carbocycles. The molecule has 20 heavy (non-hydrogen) atoms. The van der Waals surface area contributed by atoms with Gasteiger partial charge >= 0.3 is 0 Å². The largest absolute Gasteiger partial charge is 0.469 e. The highest BCUT2D eigenvalue weighted by molar-refractivity contribution is 7.13. The third kappa shape index (κ3) is 4.19. The minimum Gasteiger partial charge on any atom is -0.469 e. The minimum atomic E-state index is 0.788. The smallest absolute Gasteiger partial charge is 0.273 e. The lowest BCUT2D eigenvalue weighted by atomic mass is 9.87. The van der Waals surface area contributed by atoms with Crippen LogP contribution in [-0.4, -0.2) is 36.1 Å². The molecule has 0 aromatic carbocycles. The van der Waals surface area contributed by atoms with E-state index in [-0.39, 0.29) is 0 Å². The summed E-state index contributed by atoms with van der Waals surface area (Å²) in [6, 6.07) is 0. The van der Waals surface area contributed by atoms with E-state index in [1.807, 2.05) is 6.20 Å². The van der Waals surface area contributed by atoms with Crippen LogP contribution in [0.25, 0.3) is 0 Å². The summed E-state index contributed by atoms with van der Waals surface area (Å²) in [5.41, 5.74) is 0. The molecule has 0 spiro atoms. The van der Waals surface area contributed by atoms with E-state index in [0.29, 0.717) is 0 Å². The third-order valence-electron chi connectivity index (χ3n) is 4.58. The Morgan fingerprint density at radius 1 is 1.15 bits per heavy atom. The van der Waals surface area contributed by atoms with Gasteiger partial charge < -0.3 is 4.74 Å². The van der Waals surface area contributed by atoms with Crippen LogP contribution < -0.4 is 4.74 Å². The first-order valence-electron chi connectivity index (χ1n) is 8.20. The molecule has 3 nitrogen and oxygen atoms in total. The molecule has 112 valence electrons. The summed E-state index contributed by atoms with van der Waals surface area (Å²) in [5, 5.41) is 0.870. The van der Waals surface area contributed by atoms with Gasteiger partial charge in [-0.25, -0.2) is 4.98 Å². The van der Waals surface area contributed by atoms with Crippen LogP contribution in [0.5, 0.6) is 5.19 Å². The second-order valence-corrected chi connectivity index (χ2v) is 7.28. The molecule has 1 saturated carbocycles. The van der Waals surface area contributed by atoms with Gasteiger partial charge in [0.2, 0.25) is 0 Å². The summed E-state index contributed by atoms with van der Waals surface area (Å²) in [6.45, 7) is 4.33. The molecular formula is C16H26N2OS. The van der Waals surface area contributed by atoms with Gasteiger partial charge in [-0.1, -0.05) is 43.4 Å². The molecule has 0 amide bonds. The van der Waals surface area contributed by atoms with Crippen LogP contribution >= 0.6 is 11.3 Å². The summed E-state index contributed by atoms with van der Waals surface area (Å²) in [4.78, 5) is 8.32. The van der Waals surface area contributed by atoms with Crippen LogP contribution in [0.4, 0.5) is 0 Å². The normalized spacial score (nSPS) is 21.4. The second-order valence-electron chi connectivity index (χ2n) is 6.20. The average molecular weight is 294 g/mol. The van der Waals surface area contributed by atoms with E-state index in [9.17, 15) is 0 Å². The zero-order valence-electron chi connectivity index (χ0n) is 12.4. The molecule has 1 saturated heterocycles. The number of thiazole rings is 1. The Morgan fingerprint density at radius 2 is 1.95 bits per heavy atom. The number of aromatic nitrogens is 1. The monoisotopic (exact) mass is 294 g/mol. The number of ether oxygens (including phenoxy) is 1. The van der Waals surface area contributed by atoms with Crippen molar-refractivity contribution in [3.63, 3.8) is 0 Å². The van der Waals surface area contributed by atoms with E-state index >= 15 is 0 Å². The van der Waals surface area contributed by atoms with Gasteiger partial charge in [0, 0.05) is 17.6 Å². The van der Waals surface area contributed by atoms with Gasteiger partial charge in [0.1, 0.15) is 6.61 Å². The van der Waals surface area contributed by atoms with Crippen LogP contribution in [0.3, 0.4) is 0 Å². The van der Waals surface area contributed by atoms with Gasteiger partial charge in [-0.3, -0.25) is 4.90 Å². The molecule has 3 rings (SSSR count). The lowest BCUT2D eigenvalue weighted by molar-refractivity contribution is 0.237. The van der Waals surface area contributed by atoms with Crippen molar-refractivity contribution in [2.24, 2.45) is 5.92 Å². The maximum Gasteiger partial charge on any atom is 0.273 e. The highest BCUT2D eigenvalue weighted by Gasteiger charge is 2.16. The summed E-state index contributed by atoms with van der Waals surface area (Å²) >= 11 is 1.76. The third-order valence-corrected chi connectivity index (χ3v) is 5.51. The van der Waals surface area contributed by atoms with E-state index in [1.165, 1.54) is 69.3 Å². The molecule has 0 unspecified atom stereocenters. The number of rotatable bonds is 6. The van der Waals surface area contributed by atoms with E-state index in [4.69, 9.17) is 4.74 Å². The van der Waals surface area contributed by atoms with Gasteiger partial charge in [-0.2, -0.15) is 0 Å². The van der Waals surface area contributed by atoms with Crippen molar-refractivity contribution in [2.75, 3.05) is 26.2 Å². The molecular weight excluding hydrogens is 268 g/mol. The van der Waals surface area contributed by atoms with Crippen LogP contribution in [0, 0.1) is 5.92 Å². The maximum absolute atomic E-state index is 5.80. The first-order valence-corrected chi connectivity index (χ1v) is 9.02. The zero-order valence-corrected chi connectivity index (χ0v) is 13.2. The van der Waals surface area contributed by atoms with E-state index in [1.54, 1.807) is 11.3 Å². The predicted octanol–water partition coefficient (Wildman–Crippen LogP) is 3.74. The first-order chi connectivity index (χ1) is 9.90. The Labute approximate surface area is 126 Å². The van der Waals surface area contributed by atoms with E-state index < -0.39 is 0 Å². The number of hydrogen-bond acceptors (Lipinski definition) is 4. The molecule has 2 heterocycles. The minimum absolute atomic E-state index is 0.788. The van der Waals surface area contributed by atoms with Gasteiger partial charge in [0.05, 0.1) is 0 Å². The first kappa shape index (κ1) is 14.3. The molecule has 0 N–H and O–H groups in total. The zero-order chi connectivity index (χ0) is 13.6. The highest BCUT2D eigenvalue weighted by atomic mass is 32.1. The molecule has 2 fully saturated rings.